The van der Waals surface area contributed by atoms with Crippen LogP contribution in [0.15, 0.2) is 0 Å². The summed E-state index contributed by atoms with van der Waals surface area (Å²) in [6.07, 6.45) is 2.40. The average molecular weight is 213 g/mol. The van der Waals surface area contributed by atoms with E-state index in [1.807, 2.05) is 0 Å². The Morgan fingerprint density at radius 3 is 2.33 bits per heavy atom. The molecule has 0 aliphatic carbocycles. The summed E-state index contributed by atoms with van der Waals surface area (Å²) in [6.45, 7) is 12.1. The van der Waals surface area contributed by atoms with Crippen LogP contribution in [0, 0.1) is 5.92 Å². The lowest BCUT2D eigenvalue weighted by molar-refractivity contribution is 0.141. The summed E-state index contributed by atoms with van der Waals surface area (Å²) < 4.78 is 0. The zero-order valence-corrected chi connectivity index (χ0v) is 10.6. The maximum Gasteiger partial charge on any atom is 0.0328 e. The summed E-state index contributed by atoms with van der Waals surface area (Å²) in [6, 6.07) is 0. The van der Waals surface area contributed by atoms with Crippen molar-refractivity contribution in [2.75, 3.05) is 32.7 Å². The van der Waals surface area contributed by atoms with E-state index in [1.54, 1.807) is 0 Å². The molecule has 3 nitrogen and oxygen atoms in total. The van der Waals surface area contributed by atoms with Crippen LogP contribution in [0.4, 0.5) is 0 Å². The van der Waals surface area contributed by atoms with Crippen LogP contribution in [0.2, 0.25) is 0 Å². The molecule has 90 valence electrons. The van der Waals surface area contributed by atoms with Crippen molar-refractivity contribution in [3.8, 4) is 0 Å². The van der Waals surface area contributed by atoms with Crippen LogP contribution in [-0.2, 0) is 0 Å². The summed E-state index contributed by atoms with van der Waals surface area (Å²) in [5, 5.41) is 3.68. The third-order valence-corrected chi connectivity index (χ3v) is 3.54. The van der Waals surface area contributed by atoms with E-state index in [0.29, 0.717) is 5.92 Å². The molecule has 1 rings (SSSR count). The highest BCUT2D eigenvalue weighted by molar-refractivity contribution is 4.94. The molecule has 0 bridgehead atoms. The second-order valence-electron chi connectivity index (χ2n) is 5.19. The van der Waals surface area contributed by atoms with Gasteiger partial charge in [-0.3, -0.25) is 0 Å². The largest absolute Gasteiger partial charge is 0.329 e. The number of nitrogens with one attached hydrogen (secondary N) is 1. The fourth-order valence-electron chi connectivity index (χ4n) is 2.17. The van der Waals surface area contributed by atoms with Crippen molar-refractivity contribution < 1.29 is 0 Å². The van der Waals surface area contributed by atoms with Gasteiger partial charge in [-0.05, 0) is 44.9 Å². The smallest absolute Gasteiger partial charge is 0.0328 e. The number of rotatable bonds is 5. The Morgan fingerprint density at radius 2 is 1.93 bits per heavy atom. The van der Waals surface area contributed by atoms with Gasteiger partial charge in [0.05, 0.1) is 0 Å². The first-order valence-corrected chi connectivity index (χ1v) is 6.29. The molecule has 1 fully saturated rings. The normalized spacial score (nSPS) is 22.2. The van der Waals surface area contributed by atoms with Crippen LogP contribution in [0.1, 0.15) is 33.6 Å². The van der Waals surface area contributed by atoms with Crippen molar-refractivity contribution >= 4 is 0 Å². The quantitative estimate of drug-likeness (QED) is 0.717. The van der Waals surface area contributed by atoms with E-state index in [2.05, 4.69) is 31.0 Å². The van der Waals surface area contributed by atoms with E-state index < -0.39 is 0 Å². The molecule has 0 amide bonds. The lowest BCUT2D eigenvalue weighted by atomic mass is 9.87. The number of nitrogens with two attached hydrogens (primary N) is 1. The molecule has 0 saturated carbocycles. The number of hydrogen-bond acceptors (Lipinski definition) is 3. The van der Waals surface area contributed by atoms with Gasteiger partial charge in [-0.2, -0.15) is 0 Å². The highest BCUT2D eigenvalue weighted by Gasteiger charge is 2.32. The number of hydrogen-bond donors (Lipinski definition) is 2. The lowest BCUT2D eigenvalue weighted by Gasteiger charge is -2.42. The minimum Gasteiger partial charge on any atom is -0.329 e. The first kappa shape index (κ1) is 12.9. The molecule has 0 radical (unpaired) electrons. The standard InChI is InChI=1S/C12H27N3/c1-4-15-7-5-12(10-13,6-8-15)14-9-11(2)3/h11,14H,4-10,13H2,1-3H3. The highest BCUT2D eigenvalue weighted by atomic mass is 15.2. The highest BCUT2D eigenvalue weighted by Crippen LogP contribution is 2.21. The predicted octanol–water partition coefficient (Wildman–Crippen LogP) is 1.05. The van der Waals surface area contributed by atoms with E-state index >= 15 is 0 Å². The fourth-order valence-corrected chi connectivity index (χ4v) is 2.17. The minimum absolute atomic E-state index is 0.218. The van der Waals surface area contributed by atoms with Gasteiger partial charge >= 0.3 is 0 Å². The van der Waals surface area contributed by atoms with Crippen molar-refractivity contribution in [1.82, 2.24) is 10.2 Å². The lowest BCUT2D eigenvalue weighted by Crippen LogP contribution is -2.58. The van der Waals surface area contributed by atoms with Gasteiger partial charge in [0, 0.05) is 12.1 Å². The molecule has 3 heteroatoms. The summed E-state index contributed by atoms with van der Waals surface area (Å²) >= 11 is 0. The van der Waals surface area contributed by atoms with Gasteiger partial charge in [-0.25, -0.2) is 0 Å². The Morgan fingerprint density at radius 1 is 1.33 bits per heavy atom. The molecule has 1 aliphatic rings. The van der Waals surface area contributed by atoms with Crippen LogP contribution >= 0.6 is 0 Å². The third kappa shape index (κ3) is 3.74. The maximum absolute atomic E-state index is 5.93. The van der Waals surface area contributed by atoms with Gasteiger partial charge in [0.15, 0.2) is 0 Å². The summed E-state index contributed by atoms with van der Waals surface area (Å²) in [4.78, 5) is 2.50. The van der Waals surface area contributed by atoms with E-state index in [0.717, 1.165) is 13.1 Å². The second kappa shape index (κ2) is 5.83. The van der Waals surface area contributed by atoms with Crippen molar-refractivity contribution in [3.63, 3.8) is 0 Å². The molecule has 3 N–H and O–H groups in total. The third-order valence-electron chi connectivity index (χ3n) is 3.54. The Balaban J connectivity index is 2.41. The van der Waals surface area contributed by atoms with E-state index in [-0.39, 0.29) is 5.54 Å². The van der Waals surface area contributed by atoms with E-state index in [4.69, 9.17) is 5.73 Å². The van der Waals surface area contributed by atoms with Gasteiger partial charge in [0.2, 0.25) is 0 Å². The molecule has 0 aromatic carbocycles. The molecule has 0 spiro atoms. The van der Waals surface area contributed by atoms with Crippen molar-refractivity contribution in [3.05, 3.63) is 0 Å². The minimum atomic E-state index is 0.218. The zero-order valence-electron chi connectivity index (χ0n) is 10.6. The molecule has 15 heavy (non-hydrogen) atoms. The fraction of sp³-hybridized carbons (Fsp3) is 1.00. The Hall–Kier alpha value is -0.120. The SMILES string of the molecule is CCN1CCC(CN)(NCC(C)C)CC1. The molecular formula is C12H27N3. The molecule has 0 unspecified atom stereocenters. The van der Waals surface area contributed by atoms with Crippen LogP contribution in [0.5, 0.6) is 0 Å². The number of piperidine rings is 1. The summed E-state index contributed by atoms with van der Waals surface area (Å²) in [7, 11) is 0. The van der Waals surface area contributed by atoms with Crippen LogP contribution in [0.3, 0.4) is 0 Å². The van der Waals surface area contributed by atoms with E-state index in [1.165, 1.54) is 32.5 Å². The molecule has 0 aromatic rings. The molecule has 1 heterocycles. The van der Waals surface area contributed by atoms with Gasteiger partial charge in [0.1, 0.15) is 0 Å². The second-order valence-corrected chi connectivity index (χ2v) is 5.19. The average Bonchev–Trinajstić information content (AvgIpc) is 2.27. The summed E-state index contributed by atoms with van der Waals surface area (Å²) in [5.41, 5.74) is 6.15. The zero-order chi connectivity index (χ0) is 11.3. The Bertz CT molecular complexity index is 172. The monoisotopic (exact) mass is 213 g/mol. The van der Waals surface area contributed by atoms with Gasteiger partial charge in [-0.1, -0.05) is 20.8 Å². The van der Waals surface area contributed by atoms with Crippen molar-refractivity contribution in [1.29, 1.82) is 0 Å². The van der Waals surface area contributed by atoms with Crippen LogP contribution < -0.4 is 11.1 Å². The number of likely N-dealkylation sites (tertiary alicyclic amines) is 1. The molecule has 1 aliphatic heterocycles. The van der Waals surface area contributed by atoms with Gasteiger partial charge < -0.3 is 16.0 Å². The van der Waals surface area contributed by atoms with E-state index in [9.17, 15) is 0 Å². The summed E-state index contributed by atoms with van der Waals surface area (Å²) in [5.74, 6) is 0.706. The van der Waals surface area contributed by atoms with Gasteiger partial charge in [-0.15, -0.1) is 0 Å². The topological polar surface area (TPSA) is 41.3 Å². The first-order chi connectivity index (χ1) is 7.12. The molecule has 0 atom stereocenters. The molecule has 1 saturated heterocycles. The molecular weight excluding hydrogens is 186 g/mol. The van der Waals surface area contributed by atoms with Gasteiger partial charge in [0.25, 0.3) is 0 Å². The van der Waals surface area contributed by atoms with Crippen LogP contribution in [-0.4, -0.2) is 43.2 Å². The molecule has 0 aromatic heterocycles. The first-order valence-electron chi connectivity index (χ1n) is 6.29. The van der Waals surface area contributed by atoms with Crippen LogP contribution in [0.25, 0.3) is 0 Å². The predicted molar refractivity (Wildman–Crippen MR) is 66.0 cm³/mol. The number of nitrogens with zero attached hydrogens (tertiary/aromatic N) is 1. The maximum atomic E-state index is 5.93. The Labute approximate surface area is 94.4 Å². The van der Waals surface area contributed by atoms with Crippen molar-refractivity contribution in [2.24, 2.45) is 11.7 Å². The van der Waals surface area contributed by atoms with Crippen molar-refractivity contribution in [2.45, 2.75) is 39.2 Å². The Kier molecular flexibility index (Phi) is 5.03.